The van der Waals surface area contributed by atoms with E-state index in [1.165, 1.54) is 11.9 Å². The molecular formula is C15H20F2N4O. The summed E-state index contributed by atoms with van der Waals surface area (Å²) in [6.45, 7) is 4.53. The van der Waals surface area contributed by atoms with Crippen molar-refractivity contribution in [3.63, 3.8) is 0 Å². The lowest BCUT2D eigenvalue weighted by Gasteiger charge is -2.35. The molecule has 1 aromatic heterocycles. The molecule has 0 spiro atoms. The van der Waals surface area contributed by atoms with E-state index in [0.29, 0.717) is 31.6 Å². The molecule has 3 rings (SSSR count). The van der Waals surface area contributed by atoms with E-state index in [9.17, 15) is 13.6 Å². The fourth-order valence-electron chi connectivity index (χ4n) is 3.24. The maximum absolute atomic E-state index is 13.5. The standard InChI is InChI=1S/C15H20F2N4O/c1-10-8-19-11(9-18-10)12-4-7-20-6-3-5-15(2,13(16)17)14(22)21(12)20/h8-9,12-13H,3-7H2,1-2H3. The molecule has 3 heterocycles. The average Bonchev–Trinajstić information content (AvgIpc) is 2.85. The topological polar surface area (TPSA) is 49.3 Å². The molecule has 2 atom stereocenters. The highest BCUT2D eigenvalue weighted by molar-refractivity contribution is 5.83. The van der Waals surface area contributed by atoms with Gasteiger partial charge in [0.15, 0.2) is 0 Å². The fraction of sp³-hybridized carbons (Fsp3) is 0.667. The molecule has 0 bridgehead atoms. The van der Waals surface area contributed by atoms with E-state index in [-0.39, 0.29) is 12.5 Å². The normalized spacial score (nSPS) is 29.8. The maximum atomic E-state index is 13.5. The Morgan fingerprint density at radius 1 is 1.32 bits per heavy atom. The Bertz CT molecular complexity index is 565. The number of alkyl halides is 2. The van der Waals surface area contributed by atoms with Crippen LogP contribution in [0.5, 0.6) is 0 Å². The molecule has 0 N–H and O–H groups in total. The van der Waals surface area contributed by atoms with Gasteiger partial charge in [-0.25, -0.2) is 13.8 Å². The van der Waals surface area contributed by atoms with Crippen LogP contribution in [0.3, 0.4) is 0 Å². The number of aromatic nitrogens is 2. The lowest BCUT2D eigenvalue weighted by Crippen LogP contribution is -2.49. The number of carbonyl (C=O) groups is 1. The van der Waals surface area contributed by atoms with Gasteiger partial charge in [-0.15, -0.1) is 0 Å². The van der Waals surface area contributed by atoms with Crippen LogP contribution in [0.15, 0.2) is 12.4 Å². The van der Waals surface area contributed by atoms with Crippen LogP contribution < -0.4 is 0 Å². The van der Waals surface area contributed by atoms with Gasteiger partial charge in [-0.3, -0.25) is 19.8 Å². The third kappa shape index (κ3) is 2.37. The van der Waals surface area contributed by atoms with Gasteiger partial charge < -0.3 is 0 Å². The Hall–Kier alpha value is -1.63. The molecule has 5 nitrogen and oxygen atoms in total. The molecule has 2 fully saturated rings. The van der Waals surface area contributed by atoms with Crippen LogP contribution in [-0.2, 0) is 4.79 Å². The van der Waals surface area contributed by atoms with Gasteiger partial charge in [-0.1, -0.05) is 0 Å². The first-order valence-corrected chi connectivity index (χ1v) is 7.58. The largest absolute Gasteiger partial charge is 0.273 e. The van der Waals surface area contributed by atoms with E-state index in [0.717, 1.165) is 5.69 Å². The summed E-state index contributed by atoms with van der Waals surface area (Å²) in [5, 5.41) is 3.40. The maximum Gasteiger partial charge on any atom is 0.252 e. The van der Waals surface area contributed by atoms with Crippen LogP contribution >= 0.6 is 0 Å². The molecule has 2 saturated heterocycles. The van der Waals surface area contributed by atoms with Crippen molar-refractivity contribution in [2.75, 3.05) is 13.1 Å². The van der Waals surface area contributed by atoms with Crippen LogP contribution in [0.4, 0.5) is 8.78 Å². The van der Waals surface area contributed by atoms with E-state index in [1.54, 1.807) is 12.4 Å². The van der Waals surface area contributed by atoms with E-state index in [2.05, 4.69) is 9.97 Å². The zero-order chi connectivity index (χ0) is 15.9. The zero-order valence-electron chi connectivity index (χ0n) is 12.8. The van der Waals surface area contributed by atoms with Crippen molar-refractivity contribution < 1.29 is 13.6 Å². The second kappa shape index (κ2) is 5.53. The molecule has 0 aliphatic carbocycles. The highest BCUT2D eigenvalue weighted by Crippen LogP contribution is 2.42. The molecule has 0 radical (unpaired) electrons. The summed E-state index contributed by atoms with van der Waals surface area (Å²) < 4.78 is 27.0. The number of hydrogen-bond donors (Lipinski definition) is 0. The second-order valence-electron chi connectivity index (χ2n) is 6.31. The quantitative estimate of drug-likeness (QED) is 0.841. The fourth-order valence-corrected chi connectivity index (χ4v) is 3.24. The Morgan fingerprint density at radius 3 is 2.73 bits per heavy atom. The first kappa shape index (κ1) is 15.3. The molecule has 0 saturated carbocycles. The summed E-state index contributed by atoms with van der Waals surface area (Å²) in [7, 11) is 0. The summed E-state index contributed by atoms with van der Waals surface area (Å²) in [6.07, 6.45) is 2.12. The molecule has 120 valence electrons. The van der Waals surface area contributed by atoms with Gasteiger partial charge in [0, 0.05) is 19.3 Å². The minimum atomic E-state index is -2.66. The number of carbonyl (C=O) groups excluding carboxylic acids is 1. The van der Waals surface area contributed by atoms with Crippen LogP contribution in [0.1, 0.15) is 43.6 Å². The van der Waals surface area contributed by atoms with Gasteiger partial charge in [0.1, 0.15) is 5.41 Å². The van der Waals surface area contributed by atoms with Crippen molar-refractivity contribution in [2.45, 2.75) is 45.6 Å². The lowest BCUT2D eigenvalue weighted by atomic mass is 9.84. The first-order chi connectivity index (χ1) is 10.4. The molecule has 22 heavy (non-hydrogen) atoms. The SMILES string of the molecule is Cc1cnc(C2CCN3CCCC(C)(C(F)F)C(=O)N23)cn1. The number of rotatable bonds is 2. The third-order valence-electron chi connectivity index (χ3n) is 4.69. The van der Waals surface area contributed by atoms with E-state index >= 15 is 0 Å². The summed E-state index contributed by atoms with van der Waals surface area (Å²) in [5.41, 5.74) is -0.159. The highest BCUT2D eigenvalue weighted by Gasteiger charge is 2.51. The van der Waals surface area contributed by atoms with Crippen LogP contribution in [0, 0.1) is 12.3 Å². The smallest absolute Gasteiger partial charge is 0.252 e. The van der Waals surface area contributed by atoms with Gasteiger partial charge in [-0.2, -0.15) is 0 Å². The number of amides is 1. The average molecular weight is 310 g/mol. The van der Waals surface area contributed by atoms with Crippen molar-refractivity contribution >= 4 is 5.91 Å². The molecular weight excluding hydrogens is 290 g/mol. The Balaban J connectivity index is 1.95. The molecule has 1 amide bonds. The summed E-state index contributed by atoms with van der Waals surface area (Å²) in [4.78, 5) is 21.3. The molecule has 2 aliphatic rings. The summed E-state index contributed by atoms with van der Waals surface area (Å²) in [6, 6.07) is -0.295. The van der Waals surface area contributed by atoms with Gasteiger partial charge in [0.25, 0.3) is 6.43 Å². The monoisotopic (exact) mass is 310 g/mol. The van der Waals surface area contributed by atoms with Crippen LogP contribution in [0.2, 0.25) is 0 Å². The van der Waals surface area contributed by atoms with Gasteiger partial charge in [0.2, 0.25) is 5.91 Å². The van der Waals surface area contributed by atoms with Crippen molar-refractivity contribution in [2.24, 2.45) is 5.41 Å². The molecule has 7 heteroatoms. The van der Waals surface area contributed by atoms with Crippen LogP contribution in [0.25, 0.3) is 0 Å². The molecule has 0 aromatic carbocycles. The minimum Gasteiger partial charge on any atom is -0.273 e. The Labute approximate surface area is 128 Å². The number of hydrogen-bond acceptors (Lipinski definition) is 4. The molecule has 2 unspecified atom stereocenters. The zero-order valence-corrected chi connectivity index (χ0v) is 12.8. The Morgan fingerprint density at radius 2 is 2.09 bits per heavy atom. The van der Waals surface area contributed by atoms with Gasteiger partial charge in [0.05, 0.1) is 23.6 Å². The summed E-state index contributed by atoms with van der Waals surface area (Å²) >= 11 is 0. The number of aryl methyl sites for hydroxylation is 1. The molecule has 1 aromatic rings. The second-order valence-corrected chi connectivity index (χ2v) is 6.31. The van der Waals surface area contributed by atoms with Crippen molar-refractivity contribution in [3.8, 4) is 0 Å². The first-order valence-electron chi connectivity index (χ1n) is 7.58. The summed E-state index contributed by atoms with van der Waals surface area (Å²) in [5.74, 6) is -0.495. The number of nitrogens with zero attached hydrogens (tertiary/aromatic N) is 4. The van der Waals surface area contributed by atoms with Crippen molar-refractivity contribution in [3.05, 3.63) is 23.8 Å². The number of halogens is 2. The lowest BCUT2D eigenvalue weighted by molar-refractivity contribution is -0.164. The van der Waals surface area contributed by atoms with Gasteiger partial charge in [-0.05, 0) is 33.1 Å². The van der Waals surface area contributed by atoms with Crippen molar-refractivity contribution in [1.82, 2.24) is 20.0 Å². The number of fused-ring (bicyclic) bond motifs is 1. The van der Waals surface area contributed by atoms with Crippen molar-refractivity contribution in [1.29, 1.82) is 0 Å². The van der Waals surface area contributed by atoms with E-state index < -0.39 is 17.7 Å². The van der Waals surface area contributed by atoms with E-state index in [4.69, 9.17) is 0 Å². The predicted molar refractivity (Wildman–Crippen MR) is 75.9 cm³/mol. The minimum absolute atomic E-state index is 0.211. The Kier molecular flexibility index (Phi) is 3.84. The molecule has 2 aliphatic heterocycles. The van der Waals surface area contributed by atoms with Crippen LogP contribution in [-0.4, -0.2) is 45.4 Å². The third-order valence-corrected chi connectivity index (χ3v) is 4.69. The van der Waals surface area contributed by atoms with Gasteiger partial charge >= 0.3 is 0 Å². The van der Waals surface area contributed by atoms with E-state index in [1.807, 2.05) is 11.9 Å². The number of hydrazine groups is 1. The highest BCUT2D eigenvalue weighted by atomic mass is 19.3. The predicted octanol–water partition coefficient (Wildman–Crippen LogP) is 2.34.